The van der Waals surface area contributed by atoms with Crippen LogP contribution in [0.2, 0.25) is 0 Å². The second kappa shape index (κ2) is 35.7. The first-order valence-electron chi connectivity index (χ1n) is 14.5. The van der Waals surface area contributed by atoms with E-state index in [0.29, 0.717) is 18.6 Å². The topological polar surface area (TPSA) is 74.6 Å². The van der Waals surface area contributed by atoms with Gasteiger partial charge in [-0.15, -0.1) is 0 Å². The average molecular weight is 553 g/mol. The van der Waals surface area contributed by atoms with Crippen LogP contribution in [-0.2, 0) is 4.79 Å². The Bertz CT molecular complexity index is 899. The zero-order chi connectivity index (χ0) is 31.6. The van der Waals surface area contributed by atoms with Gasteiger partial charge in [-0.25, -0.2) is 0 Å². The van der Waals surface area contributed by atoms with Crippen LogP contribution >= 0.6 is 0 Å². The van der Waals surface area contributed by atoms with E-state index in [4.69, 9.17) is 5.11 Å². The van der Waals surface area contributed by atoms with Gasteiger partial charge in [0.25, 0.3) is 0 Å². The number of hydrogen-bond acceptors (Lipinski definition) is 4. The summed E-state index contributed by atoms with van der Waals surface area (Å²) in [4.78, 5) is 20.2. The molecule has 4 heteroatoms. The predicted octanol–water partition coefficient (Wildman–Crippen LogP) is 9.77. The minimum absolute atomic E-state index is 0.343. The third kappa shape index (κ3) is 27.7. The molecule has 2 N–H and O–H groups in total. The van der Waals surface area contributed by atoms with Gasteiger partial charge in [0.1, 0.15) is 18.2 Å². The van der Waals surface area contributed by atoms with Crippen molar-refractivity contribution in [1.82, 2.24) is 0 Å². The van der Waals surface area contributed by atoms with E-state index < -0.39 is 12.2 Å². The van der Waals surface area contributed by atoms with Gasteiger partial charge in [-0.05, 0) is 25.0 Å². The maximum absolute atomic E-state index is 10.2. The number of aliphatic hydroxyl groups excluding tert-OH is 2. The minimum Gasteiger partial charge on any atom is -0.390 e. The van der Waals surface area contributed by atoms with E-state index in [0.717, 1.165) is 17.4 Å². The number of aldehydes is 1. The maximum atomic E-state index is 10.2. The highest BCUT2D eigenvalue weighted by Gasteiger charge is 2.11. The Morgan fingerprint density at radius 3 is 1.27 bits per heavy atom. The van der Waals surface area contributed by atoms with Gasteiger partial charge >= 0.3 is 0 Å². The van der Waals surface area contributed by atoms with Crippen LogP contribution in [0.15, 0.2) is 97.1 Å². The summed E-state index contributed by atoms with van der Waals surface area (Å²) in [5.41, 5.74) is 2.75. The molecule has 3 rings (SSSR count). The van der Waals surface area contributed by atoms with Gasteiger partial charge in [0, 0.05) is 18.4 Å². The Morgan fingerprint density at radius 1 is 0.675 bits per heavy atom. The van der Waals surface area contributed by atoms with Crippen molar-refractivity contribution in [2.45, 2.75) is 94.3 Å². The molecule has 40 heavy (non-hydrogen) atoms. The quantitative estimate of drug-likeness (QED) is 0.298. The number of aliphatic hydroxyl groups is 2. The van der Waals surface area contributed by atoms with E-state index in [-0.39, 0.29) is 0 Å². The van der Waals surface area contributed by atoms with Crippen molar-refractivity contribution >= 4 is 18.1 Å². The number of rotatable bonds is 6. The van der Waals surface area contributed by atoms with E-state index in [1.807, 2.05) is 123 Å². The minimum atomic E-state index is -0.767. The Kier molecular flexibility index (Phi) is 39.0. The second-order valence-corrected chi connectivity index (χ2v) is 7.28. The molecule has 0 amide bonds. The Morgan fingerprint density at radius 2 is 1.02 bits per heavy atom. The summed E-state index contributed by atoms with van der Waals surface area (Å²) in [6.45, 7) is 19.3. The fraction of sp³-hybridized carbons (Fsp3) is 0.389. The molecule has 2 atom stereocenters. The van der Waals surface area contributed by atoms with Gasteiger partial charge in [-0.3, -0.25) is 9.59 Å². The molecule has 0 aliphatic rings. The van der Waals surface area contributed by atoms with Crippen LogP contribution in [-0.4, -0.2) is 28.4 Å². The summed E-state index contributed by atoms with van der Waals surface area (Å²) in [6, 6.07) is 28.5. The number of allylic oxidation sites excluding steroid dienone is 1. The number of Topliss-reactive ketones (excluding diaryl/α,β-unsaturated/α-hetero) is 1. The van der Waals surface area contributed by atoms with Crippen molar-refractivity contribution in [1.29, 1.82) is 0 Å². The van der Waals surface area contributed by atoms with Crippen molar-refractivity contribution in [2.24, 2.45) is 0 Å². The molecule has 0 aliphatic carbocycles. The van der Waals surface area contributed by atoms with E-state index in [1.54, 1.807) is 31.2 Å². The molecule has 0 saturated carbocycles. The zero-order valence-electron chi connectivity index (χ0n) is 26.7. The fourth-order valence-corrected chi connectivity index (χ4v) is 2.47. The molecule has 0 saturated heterocycles. The first kappa shape index (κ1) is 43.7. The Hall–Kier alpha value is -3.34. The standard InChI is InChI=1S/C9H12O2.C9H10.C7H6O.C5H10O.3C2H6/c1-7(10)9(11)8-5-3-2-4-6-8;1-2-6-9-7-4-3-5-8-9;8-6-7-4-2-1-3-5-7;1-3-5(6)4-2;3*1-2/h2-7,9-11H,1H3;2-8H,1H3;1-6H;3-4H2,1-2H3;3*1-2H3/b;6-2+;;;;;. The summed E-state index contributed by atoms with van der Waals surface area (Å²) >= 11 is 0. The largest absolute Gasteiger partial charge is 0.390 e. The molecule has 2 unspecified atom stereocenters. The van der Waals surface area contributed by atoms with Crippen LogP contribution in [0.25, 0.3) is 6.08 Å². The molecule has 0 aromatic heterocycles. The lowest BCUT2D eigenvalue weighted by Crippen LogP contribution is -2.13. The van der Waals surface area contributed by atoms with Gasteiger partial charge in [-0.2, -0.15) is 0 Å². The van der Waals surface area contributed by atoms with Crippen molar-refractivity contribution in [2.75, 3.05) is 0 Å². The van der Waals surface area contributed by atoms with Crippen LogP contribution in [0, 0.1) is 0 Å². The molecule has 3 aromatic carbocycles. The smallest absolute Gasteiger partial charge is 0.150 e. The Labute approximate surface area is 245 Å². The average Bonchev–Trinajstić information content (AvgIpc) is 3.05. The Balaban J connectivity index is -0.000000206. The van der Waals surface area contributed by atoms with Crippen LogP contribution in [0.5, 0.6) is 0 Å². The molecule has 0 bridgehead atoms. The number of carbonyl (C=O) groups excluding carboxylic acids is 2. The van der Waals surface area contributed by atoms with E-state index in [1.165, 1.54) is 5.56 Å². The number of benzene rings is 3. The van der Waals surface area contributed by atoms with Crippen molar-refractivity contribution in [3.63, 3.8) is 0 Å². The third-order valence-electron chi connectivity index (χ3n) is 4.48. The monoisotopic (exact) mass is 552 g/mol. The molecule has 3 aromatic rings. The zero-order valence-corrected chi connectivity index (χ0v) is 26.7. The van der Waals surface area contributed by atoms with E-state index in [2.05, 4.69) is 18.2 Å². The van der Waals surface area contributed by atoms with Gasteiger partial charge in [0.05, 0.1) is 6.10 Å². The molecule has 0 fully saturated rings. The predicted molar refractivity (Wildman–Crippen MR) is 176 cm³/mol. The van der Waals surface area contributed by atoms with Gasteiger partial charge in [0.15, 0.2) is 0 Å². The summed E-state index contributed by atoms with van der Waals surface area (Å²) in [5.74, 6) is 0.343. The SMILES string of the molecule is C/C=C/c1ccccc1.CC.CC.CC.CC(O)C(O)c1ccccc1.CCC(=O)CC.O=Cc1ccccc1. The second-order valence-electron chi connectivity index (χ2n) is 7.28. The highest BCUT2D eigenvalue weighted by Crippen LogP contribution is 2.15. The van der Waals surface area contributed by atoms with Gasteiger partial charge < -0.3 is 10.2 Å². The van der Waals surface area contributed by atoms with Gasteiger partial charge in [0.2, 0.25) is 0 Å². The molecule has 0 heterocycles. The normalized spacial score (nSPS) is 10.1. The van der Waals surface area contributed by atoms with Gasteiger partial charge in [-0.1, -0.05) is 159 Å². The summed E-state index contributed by atoms with van der Waals surface area (Å²) in [6.07, 6.45) is 4.86. The van der Waals surface area contributed by atoms with Crippen molar-refractivity contribution in [3.05, 3.63) is 114 Å². The lowest BCUT2D eigenvalue weighted by atomic mass is 10.1. The molecular weight excluding hydrogens is 496 g/mol. The molecule has 0 aliphatic heterocycles. The van der Waals surface area contributed by atoms with Crippen LogP contribution in [0.1, 0.15) is 110 Å². The van der Waals surface area contributed by atoms with E-state index >= 15 is 0 Å². The lowest BCUT2D eigenvalue weighted by Gasteiger charge is -2.12. The molecular formula is C36H56O4. The molecule has 0 radical (unpaired) electrons. The first-order valence-corrected chi connectivity index (χ1v) is 14.5. The number of carbonyl (C=O) groups is 2. The van der Waals surface area contributed by atoms with Crippen LogP contribution in [0.3, 0.4) is 0 Å². The fourth-order valence-electron chi connectivity index (χ4n) is 2.47. The van der Waals surface area contributed by atoms with Crippen molar-refractivity contribution in [3.8, 4) is 0 Å². The first-order chi connectivity index (χ1) is 19.4. The van der Waals surface area contributed by atoms with Crippen molar-refractivity contribution < 1.29 is 19.8 Å². The lowest BCUT2D eigenvalue weighted by molar-refractivity contribution is -0.118. The summed E-state index contributed by atoms with van der Waals surface area (Å²) in [7, 11) is 0. The third-order valence-corrected chi connectivity index (χ3v) is 4.48. The van der Waals surface area contributed by atoms with E-state index in [9.17, 15) is 14.7 Å². The summed E-state index contributed by atoms with van der Waals surface area (Å²) in [5, 5.41) is 18.4. The summed E-state index contributed by atoms with van der Waals surface area (Å²) < 4.78 is 0. The van der Waals surface area contributed by atoms with Crippen LogP contribution in [0.4, 0.5) is 0 Å². The molecule has 0 spiro atoms. The van der Waals surface area contributed by atoms with Crippen LogP contribution < -0.4 is 0 Å². The molecule has 224 valence electrons. The highest BCUT2D eigenvalue weighted by atomic mass is 16.3. The highest BCUT2D eigenvalue weighted by molar-refractivity contribution is 5.77. The maximum Gasteiger partial charge on any atom is 0.150 e. The molecule has 4 nitrogen and oxygen atoms in total. The number of hydrogen-bond donors (Lipinski definition) is 2. The number of ketones is 1.